The van der Waals surface area contributed by atoms with Crippen molar-refractivity contribution in [1.29, 1.82) is 0 Å². The average molecular weight is 409 g/mol. The Labute approximate surface area is 175 Å². The number of aromatic nitrogens is 2. The lowest BCUT2D eigenvalue weighted by molar-refractivity contribution is 0.0958. The van der Waals surface area contributed by atoms with Gasteiger partial charge in [-0.05, 0) is 42.7 Å². The third-order valence-electron chi connectivity index (χ3n) is 5.33. The fraction of sp³-hybridized carbons (Fsp3) is 0.429. The molecule has 2 aliphatic rings. The van der Waals surface area contributed by atoms with Crippen LogP contribution in [0.1, 0.15) is 28.9 Å². The van der Waals surface area contributed by atoms with Crippen LogP contribution in [0.15, 0.2) is 36.7 Å². The highest BCUT2D eigenvalue weighted by atomic mass is 16.2. The van der Waals surface area contributed by atoms with Crippen molar-refractivity contribution in [3.63, 3.8) is 0 Å². The number of urea groups is 1. The standard InChI is InChI=1S/C21H27N7O2/c1-22-20(29)18-5-4-17(13-24-18)28-10-8-27(9-11-28)14-15-6-7-23-19(12-15)26-21(30)25-16-2-3-16/h4-7,12-13,16H,2-3,8-11,14H2,1H3,(H,22,29)(H2,23,25,26,30). The molecule has 1 saturated carbocycles. The second kappa shape index (κ2) is 9.08. The summed E-state index contributed by atoms with van der Waals surface area (Å²) in [6.07, 6.45) is 5.61. The van der Waals surface area contributed by atoms with E-state index in [1.165, 1.54) is 0 Å². The van der Waals surface area contributed by atoms with Gasteiger partial charge in [-0.15, -0.1) is 0 Å². The van der Waals surface area contributed by atoms with Crippen LogP contribution in [0.3, 0.4) is 0 Å². The summed E-state index contributed by atoms with van der Waals surface area (Å²) in [4.78, 5) is 36.7. The largest absolute Gasteiger partial charge is 0.368 e. The van der Waals surface area contributed by atoms with Gasteiger partial charge in [0, 0.05) is 52.0 Å². The number of piperazine rings is 1. The molecule has 2 fully saturated rings. The molecule has 0 spiro atoms. The minimum absolute atomic E-state index is 0.178. The summed E-state index contributed by atoms with van der Waals surface area (Å²) in [6.45, 7) is 4.43. The Morgan fingerprint density at radius 1 is 1.10 bits per heavy atom. The molecule has 30 heavy (non-hydrogen) atoms. The van der Waals surface area contributed by atoms with E-state index in [9.17, 15) is 9.59 Å². The van der Waals surface area contributed by atoms with E-state index in [1.807, 2.05) is 18.2 Å². The molecule has 3 N–H and O–H groups in total. The molecule has 1 aliphatic carbocycles. The molecule has 3 heterocycles. The predicted octanol–water partition coefficient (Wildman–Crippen LogP) is 1.44. The molecule has 0 radical (unpaired) electrons. The quantitative estimate of drug-likeness (QED) is 0.667. The molecule has 1 saturated heterocycles. The lowest BCUT2D eigenvalue weighted by Gasteiger charge is -2.36. The van der Waals surface area contributed by atoms with Gasteiger partial charge >= 0.3 is 6.03 Å². The SMILES string of the molecule is CNC(=O)c1ccc(N2CCN(Cc3ccnc(NC(=O)NC4CC4)c3)CC2)cn1. The van der Waals surface area contributed by atoms with Crippen LogP contribution in [0.2, 0.25) is 0 Å². The topological polar surface area (TPSA) is 102 Å². The highest BCUT2D eigenvalue weighted by Gasteiger charge is 2.23. The van der Waals surface area contributed by atoms with Crippen molar-refractivity contribution in [2.45, 2.75) is 25.4 Å². The van der Waals surface area contributed by atoms with Crippen LogP contribution >= 0.6 is 0 Å². The van der Waals surface area contributed by atoms with Gasteiger partial charge in [-0.3, -0.25) is 15.0 Å². The fourth-order valence-electron chi connectivity index (χ4n) is 3.46. The molecular weight excluding hydrogens is 382 g/mol. The van der Waals surface area contributed by atoms with Gasteiger partial charge in [-0.2, -0.15) is 0 Å². The van der Waals surface area contributed by atoms with Gasteiger partial charge in [-0.1, -0.05) is 0 Å². The summed E-state index contributed by atoms with van der Waals surface area (Å²) >= 11 is 0. The average Bonchev–Trinajstić information content (AvgIpc) is 3.58. The summed E-state index contributed by atoms with van der Waals surface area (Å²) in [5.41, 5.74) is 2.57. The molecule has 1 aliphatic heterocycles. The highest BCUT2D eigenvalue weighted by Crippen LogP contribution is 2.19. The first-order chi connectivity index (χ1) is 14.6. The first-order valence-electron chi connectivity index (χ1n) is 10.3. The van der Waals surface area contributed by atoms with E-state index in [1.54, 1.807) is 25.5 Å². The molecule has 9 heteroatoms. The number of hydrogen-bond donors (Lipinski definition) is 3. The van der Waals surface area contributed by atoms with Crippen molar-refractivity contribution in [3.05, 3.63) is 47.9 Å². The molecule has 2 aromatic rings. The summed E-state index contributed by atoms with van der Waals surface area (Å²) in [5.74, 6) is 0.397. The number of nitrogens with one attached hydrogen (secondary N) is 3. The Morgan fingerprint density at radius 3 is 2.57 bits per heavy atom. The molecule has 158 valence electrons. The van der Waals surface area contributed by atoms with E-state index < -0.39 is 0 Å². The third-order valence-corrected chi connectivity index (χ3v) is 5.33. The van der Waals surface area contributed by atoms with E-state index >= 15 is 0 Å². The smallest absolute Gasteiger partial charge is 0.320 e. The lowest BCUT2D eigenvalue weighted by atomic mass is 10.2. The minimum atomic E-state index is -0.188. The van der Waals surface area contributed by atoms with Gasteiger partial charge in [0.2, 0.25) is 0 Å². The first kappa shape index (κ1) is 20.1. The van der Waals surface area contributed by atoms with Crippen LogP contribution in [0, 0.1) is 0 Å². The van der Waals surface area contributed by atoms with Crippen molar-refractivity contribution < 1.29 is 9.59 Å². The zero-order valence-corrected chi connectivity index (χ0v) is 17.1. The maximum absolute atomic E-state index is 11.9. The van der Waals surface area contributed by atoms with E-state index in [2.05, 4.69) is 35.7 Å². The number of amides is 3. The molecule has 3 amide bonds. The summed E-state index contributed by atoms with van der Waals surface area (Å²) in [5, 5.41) is 8.30. The van der Waals surface area contributed by atoms with Crippen LogP contribution in [0.25, 0.3) is 0 Å². The van der Waals surface area contributed by atoms with Gasteiger partial charge in [-0.25, -0.2) is 14.8 Å². The lowest BCUT2D eigenvalue weighted by Crippen LogP contribution is -2.46. The van der Waals surface area contributed by atoms with Crippen molar-refractivity contribution in [3.8, 4) is 0 Å². The van der Waals surface area contributed by atoms with Gasteiger partial charge in [0.05, 0.1) is 11.9 Å². The van der Waals surface area contributed by atoms with Gasteiger partial charge in [0.25, 0.3) is 5.91 Å². The summed E-state index contributed by atoms with van der Waals surface area (Å²) in [7, 11) is 1.60. The van der Waals surface area contributed by atoms with Gasteiger partial charge in [0.1, 0.15) is 11.5 Å². The Kier molecular flexibility index (Phi) is 6.08. The molecular formula is C21H27N7O2. The zero-order chi connectivity index (χ0) is 20.9. The van der Waals surface area contributed by atoms with Crippen LogP contribution < -0.4 is 20.9 Å². The number of anilines is 2. The van der Waals surface area contributed by atoms with Crippen LogP contribution in [-0.4, -0.2) is 66.1 Å². The van der Waals surface area contributed by atoms with Crippen molar-refractivity contribution in [1.82, 2.24) is 25.5 Å². The number of hydrogen-bond acceptors (Lipinski definition) is 6. The molecule has 2 aromatic heterocycles. The Hall–Kier alpha value is -3.20. The zero-order valence-electron chi connectivity index (χ0n) is 17.1. The Bertz CT molecular complexity index is 890. The molecule has 0 atom stereocenters. The second-order valence-corrected chi connectivity index (χ2v) is 7.67. The number of carbonyl (C=O) groups is 2. The molecule has 0 unspecified atom stereocenters. The van der Waals surface area contributed by atoms with Crippen LogP contribution in [0.4, 0.5) is 16.3 Å². The summed E-state index contributed by atoms with van der Waals surface area (Å²) in [6, 6.07) is 7.75. The van der Waals surface area contributed by atoms with Crippen LogP contribution in [-0.2, 0) is 6.54 Å². The third kappa shape index (κ3) is 5.24. The normalized spacial score (nSPS) is 16.8. The van der Waals surface area contributed by atoms with Crippen molar-refractivity contribution >= 4 is 23.4 Å². The fourth-order valence-corrected chi connectivity index (χ4v) is 3.46. The monoisotopic (exact) mass is 409 g/mol. The van der Waals surface area contributed by atoms with Crippen molar-refractivity contribution in [2.75, 3.05) is 43.4 Å². The maximum Gasteiger partial charge on any atom is 0.320 e. The number of rotatable bonds is 6. The van der Waals surface area contributed by atoms with E-state index in [4.69, 9.17) is 0 Å². The van der Waals surface area contributed by atoms with Crippen molar-refractivity contribution in [2.24, 2.45) is 0 Å². The second-order valence-electron chi connectivity index (χ2n) is 7.67. The number of nitrogens with zero attached hydrogens (tertiary/aromatic N) is 4. The number of pyridine rings is 2. The maximum atomic E-state index is 11.9. The van der Waals surface area contributed by atoms with Gasteiger partial charge < -0.3 is 15.5 Å². The number of carbonyl (C=O) groups excluding carboxylic acids is 2. The van der Waals surface area contributed by atoms with E-state index in [0.717, 1.165) is 56.8 Å². The van der Waals surface area contributed by atoms with E-state index in [-0.39, 0.29) is 11.9 Å². The minimum Gasteiger partial charge on any atom is -0.368 e. The van der Waals surface area contributed by atoms with Gasteiger partial charge in [0.15, 0.2) is 0 Å². The molecule has 0 aromatic carbocycles. The van der Waals surface area contributed by atoms with E-state index in [0.29, 0.717) is 17.6 Å². The molecule has 0 bridgehead atoms. The summed E-state index contributed by atoms with van der Waals surface area (Å²) < 4.78 is 0. The highest BCUT2D eigenvalue weighted by molar-refractivity contribution is 5.92. The van der Waals surface area contributed by atoms with Crippen LogP contribution in [0.5, 0.6) is 0 Å². The molecule has 9 nitrogen and oxygen atoms in total. The Morgan fingerprint density at radius 2 is 1.90 bits per heavy atom. The Balaban J connectivity index is 1.27. The predicted molar refractivity (Wildman–Crippen MR) is 115 cm³/mol. The first-order valence-corrected chi connectivity index (χ1v) is 10.3. The molecule has 4 rings (SSSR count).